The molecule has 5 heteroatoms. The first-order valence-corrected chi connectivity index (χ1v) is 11.8. The van der Waals surface area contributed by atoms with Crippen molar-refractivity contribution in [3.63, 3.8) is 0 Å². The van der Waals surface area contributed by atoms with Gasteiger partial charge in [-0.3, -0.25) is 4.79 Å². The van der Waals surface area contributed by atoms with Gasteiger partial charge in [-0.1, -0.05) is 0 Å². The highest BCUT2D eigenvalue weighted by atomic mass is 32.1. The Bertz CT molecular complexity index is 1130. The highest BCUT2D eigenvalue weighted by Crippen LogP contribution is 2.46. The van der Waals surface area contributed by atoms with Gasteiger partial charge in [-0.05, 0) is 72.7 Å². The Morgan fingerprint density at radius 2 is 1.46 bits per heavy atom. The highest BCUT2D eigenvalue weighted by Gasteiger charge is 2.24. The van der Waals surface area contributed by atoms with E-state index in [1.165, 1.54) is 46.0 Å². The van der Waals surface area contributed by atoms with Gasteiger partial charge in [-0.25, -0.2) is 0 Å². The van der Waals surface area contributed by atoms with Crippen LogP contribution in [0, 0.1) is 13.8 Å². The first-order chi connectivity index (χ1) is 12.6. The van der Waals surface area contributed by atoms with Crippen LogP contribution in [0.25, 0.3) is 29.3 Å². The van der Waals surface area contributed by atoms with E-state index in [2.05, 4.69) is 49.6 Å². The van der Waals surface area contributed by atoms with Gasteiger partial charge < -0.3 is 0 Å². The molecular weight excluding hydrogens is 396 g/mol. The molecule has 4 aromatic heterocycles. The van der Waals surface area contributed by atoms with Crippen LogP contribution >= 0.6 is 45.3 Å². The Labute approximate surface area is 168 Å². The second-order valence-corrected chi connectivity index (χ2v) is 10.7. The number of carbonyl (C=O) groups is 1. The van der Waals surface area contributed by atoms with E-state index in [4.69, 9.17) is 0 Å². The minimum atomic E-state index is 0.318. The average Bonchev–Trinajstić information content (AvgIpc) is 3.38. The van der Waals surface area contributed by atoms with E-state index >= 15 is 0 Å². The summed E-state index contributed by atoms with van der Waals surface area (Å²) in [6.07, 6.45) is 1.60. The zero-order valence-corrected chi connectivity index (χ0v) is 17.7. The highest BCUT2D eigenvalue weighted by molar-refractivity contribution is 7.28. The van der Waals surface area contributed by atoms with Gasteiger partial charge in [0.1, 0.15) is 0 Å². The van der Waals surface area contributed by atoms with Gasteiger partial charge in [0.15, 0.2) is 5.78 Å². The lowest BCUT2D eigenvalue weighted by Crippen LogP contribution is -1.85. The van der Waals surface area contributed by atoms with Crippen LogP contribution < -0.4 is 0 Å². The van der Waals surface area contributed by atoms with Crippen molar-refractivity contribution in [2.45, 2.75) is 26.7 Å². The monoisotopic (exact) mass is 412 g/mol. The SMILES string of the molecule is Cc1ccsc1-c1ccc(-c2sc(-c3cc4c(s3)C(=O)CC4)cc2C)s1. The molecule has 0 N–H and O–H groups in total. The number of rotatable bonds is 3. The molecule has 0 saturated heterocycles. The summed E-state index contributed by atoms with van der Waals surface area (Å²) >= 11 is 7.21. The van der Waals surface area contributed by atoms with E-state index in [0.717, 1.165) is 11.3 Å². The van der Waals surface area contributed by atoms with E-state index in [1.807, 2.05) is 34.0 Å². The number of fused-ring (bicyclic) bond motifs is 1. The molecule has 0 aromatic carbocycles. The van der Waals surface area contributed by atoms with Gasteiger partial charge in [0, 0.05) is 35.7 Å². The molecule has 0 atom stereocenters. The summed E-state index contributed by atoms with van der Waals surface area (Å²) in [6.45, 7) is 4.37. The van der Waals surface area contributed by atoms with Crippen LogP contribution in [0.3, 0.4) is 0 Å². The zero-order chi connectivity index (χ0) is 17.8. The third kappa shape index (κ3) is 2.65. The fraction of sp³-hybridized carbons (Fsp3) is 0.190. The largest absolute Gasteiger partial charge is 0.293 e. The number of hydrogen-bond donors (Lipinski definition) is 0. The van der Waals surface area contributed by atoms with Crippen molar-refractivity contribution < 1.29 is 4.79 Å². The van der Waals surface area contributed by atoms with Gasteiger partial charge in [0.2, 0.25) is 0 Å². The van der Waals surface area contributed by atoms with Gasteiger partial charge >= 0.3 is 0 Å². The molecule has 4 aromatic rings. The zero-order valence-electron chi connectivity index (χ0n) is 14.4. The van der Waals surface area contributed by atoms with E-state index in [0.29, 0.717) is 12.2 Å². The average molecular weight is 413 g/mol. The molecule has 5 rings (SSSR count). The van der Waals surface area contributed by atoms with E-state index in [9.17, 15) is 4.79 Å². The molecule has 0 aliphatic heterocycles. The summed E-state index contributed by atoms with van der Waals surface area (Å²) in [5, 5.41) is 2.16. The molecule has 26 heavy (non-hydrogen) atoms. The predicted molar refractivity (Wildman–Crippen MR) is 116 cm³/mol. The first kappa shape index (κ1) is 16.6. The van der Waals surface area contributed by atoms with Crippen molar-refractivity contribution in [1.29, 1.82) is 0 Å². The van der Waals surface area contributed by atoms with Crippen LogP contribution in [0.5, 0.6) is 0 Å². The van der Waals surface area contributed by atoms with Crippen LogP contribution in [0.2, 0.25) is 0 Å². The third-order valence-corrected chi connectivity index (χ3v) is 9.87. The van der Waals surface area contributed by atoms with E-state index in [1.54, 1.807) is 11.3 Å². The predicted octanol–water partition coefficient (Wildman–Crippen LogP) is 7.68. The molecule has 0 saturated carbocycles. The molecule has 130 valence electrons. The number of aryl methyl sites for hydroxylation is 3. The second-order valence-electron chi connectivity index (χ2n) is 6.61. The number of hydrogen-bond acceptors (Lipinski definition) is 5. The minimum Gasteiger partial charge on any atom is -0.293 e. The molecule has 0 fully saturated rings. The molecule has 4 heterocycles. The lowest BCUT2D eigenvalue weighted by atomic mass is 10.2. The maximum absolute atomic E-state index is 12.0. The Kier molecular flexibility index (Phi) is 4.01. The number of thiophene rings is 4. The van der Waals surface area contributed by atoms with Crippen LogP contribution in [0.1, 0.15) is 32.8 Å². The molecule has 1 aliphatic carbocycles. The Morgan fingerprint density at radius 1 is 0.731 bits per heavy atom. The summed E-state index contributed by atoms with van der Waals surface area (Å²) in [4.78, 5) is 20.9. The Morgan fingerprint density at radius 3 is 2.19 bits per heavy atom. The van der Waals surface area contributed by atoms with Gasteiger partial charge in [0.05, 0.1) is 4.88 Å². The van der Waals surface area contributed by atoms with Crippen molar-refractivity contribution in [2.75, 3.05) is 0 Å². The normalized spacial score (nSPS) is 13.5. The number of carbonyl (C=O) groups excluding carboxylic acids is 1. The van der Waals surface area contributed by atoms with Crippen molar-refractivity contribution >= 4 is 51.1 Å². The summed E-state index contributed by atoms with van der Waals surface area (Å²) in [6, 6.07) is 11.2. The summed E-state index contributed by atoms with van der Waals surface area (Å²) in [5.41, 5.74) is 3.92. The molecule has 0 bridgehead atoms. The van der Waals surface area contributed by atoms with E-state index < -0.39 is 0 Å². The van der Waals surface area contributed by atoms with Crippen LogP contribution in [-0.4, -0.2) is 5.78 Å². The molecule has 0 radical (unpaired) electrons. The van der Waals surface area contributed by atoms with Gasteiger partial charge in [0.25, 0.3) is 0 Å². The third-order valence-electron chi connectivity index (χ3n) is 4.76. The number of Topliss-reactive ketones (excluding diaryl/α,β-unsaturated/α-hetero) is 1. The van der Waals surface area contributed by atoms with Crippen LogP contribution in [0.15, 0.2) is 35.7 Å². The van der Waals surface area contributed by atoms with Crippen molar-refractivity contribution in [1.82, 2.24) is 0 Å². The van der Waals surface area contributed by atoms with E-state index in [-0.39, 0.29) is 0 Å². The standard InChI is InChI=1S/C21H16OS4/c1-11-7-8-23-19(11)15-5-6-16(24-15)20-12(2)9-17(25-20)18-10-13-3-4-14(22)21(13)26-18/h5-10H,3-4H2,1-2H3. The van der Waals surface area contributed by atoms with Crippen molar-refractivity contribution in [3.05, 3.63) is 57.3 Å². The first-order valence-electron chi connectivity index (χ1n) is 8.51. The topological polar surface area (TPSA) is 17.1 Å². The Hall–Kier alpha value is -1.53. The lowest BCUT2D eigenvalue weighted by molar-refractivity contribution is 0.0998. The second kappa shape index (κ2) is 6.27. The molecule has 0 spiro atoms. The quantitative estimate of drug-likeness (QED) is 0.337. The summed E-state index contributed by atoms with van der Waals surface area (Å²) in [5.74, 6) is 0.318. The number of ketones is 1. The molecule has 1 nitrogen and oxygen atoms in total. The van der Waals surface area contributed by atoms with Crippen LogP contribution in [0.4, 0.5) is 0 Å². The lowest BCUT2D eigenvalue weighted by Gasteiger charge is -1.95. The molecule has 0 unspecified atom stereocenters. The van der Waals surface area contributed by atoms with Gasteiger partial charge in [-0.15, -0.1) is 45.3 Å². The maximum atomic E-state index is 12.0. The van der Waals surface area contributed by atoms with Crippen molar-refractivity contribution in [2.24, 2.45) is 0 Å². The van der Waals surface area contributed by atoms with Crippen LogP contribution in [-0.2, 0) is 6.42 Å². The van der Waals surface area contributed by atoms with Crippen molar-refractivity contribution in [3.8, 4) is 29.3 Å². The minimum absolute atomic E-state index is 0.318. The van der Waals surface area contributed by atoms with Gasteiger partial charge in [-0.2, -0.15) is 0 Å². The fourth-order valence-corrected chi connectivity index (χ4v) is 8.11. The maximum Gasteiger partial charge on any atom is 0.173 e. The summed E-state index contributed by atoms with van der Waals surface area (Å²) in [7, 11) is 0. The molecule has 0 amide bonds. The molecular formula is C21H16OS4. The smallest absolute Gasteiger partial charge is 0.173 e. The molecule has 1 aliphatic rings. The Balaban J connectivity index is 1.52. The summed E-state index contributed by atoms with van der Waals surface area (Å²) < 4.78 is 0. The fourth-order valence-electron chi connectivity index (χ4n) is 3.39.